The number of piperidine rings is 1. The molecule has 1 N–H and O–H groups in total. The van der Waals surface area contributed by atoms with Crippen molar-refractivity contribution in [2.24, 2.45) is 0 Å². The maximum Gasteiger partial charge on any atom is 0.253 e. The van der Waals surface area contributed by atoms with Gasteiger partial charge >= 0.3 is 0 Å². The molecule has 3 rings (SSSR count). The molecule has 1 aliphatic heterocycles. The van der Waals surface area contributed by atoms with Gasteiger partial charge < -0.3 is 9.47 Å². The SMILES string of the molecule is CC(C)n1c(C2CCN(C(=O)c3ccc(Br)c(F)c3)CC2)n[nH]c1=S. The van der Waals surface area contributed by atoms with Crippen molar-refractivity contribution in [1.29, 1.82) is 0 Å². The molecule has 0 atom stereocenters. The van der Waals surface area contributed by atoms with E-state index in [0.717, 1.165) is 18.7 Å². The van der Waals surface area contributed by atoms with Gasteiger partial charge in [0.2, 0.25) is 0 Å². The van der Waals surface area contributed by atoms with Gasteiger partial charge in [0, 0.05) is 30.6 Å². The Balaban J connectivity index is 1.70. The zero-order chi connectivity index (χ0) is 18.1. The Labute approximate surface area is 159 Å². The second-order valence-corrected chi connectivity index (χ2v) is 7.79. The third-order valence-electron chi connectivity index (χ3n) is 4.56. The average Bonchev–Trinajstić information content (AvgIpc) is 2.98. The van der Waals surface area contributed by atoms with Gasteiger partial charge in [-0.1, -0.05) is 0 Å². The van der Waals surface area contributed by atoms with E-state index < -0.39 is 5.82 Å². The Morgan fingerprint density at radius 1 is 1.40 bits per heavy atom. The van der Waals surface area contributed by atoms with E-state index in [1.54, 1.807) is 17.0 Å². The summed E-state index contributed by atoms with van der Waals surface area (Å²) in [6, 6.07) is 4.73. The molecule has 0 unspecified atom stereocenters. The lowest BCUT2D eigenvalue weighted by Gasteiger charge is -2.32. The average molecular weight is 427 g/mol. The second-order valence-electron chi connectivity index (χ2n) is 6.55. The van der Waals surface area contributed by atoms with Crippen LogP contribution in [0.2, 0.25) is 0 Å². The zero-order valence-corrected chi connectivity index (χ0v) is 16.5. The number of amides is 1. The molecule has 5 nitrogen and oxygen atoms in total. The Kier molecular flexibility index (Phi) is 5.38. The first-order valence-corrected chi connectivity index (χ1v) is 9.49. The smallest absolute Gasteiger partial charge is 0.253 e. The van der Waals surface area contributed by atoms with Crippen molar-refractivity contribution in [2.45, 2.75) is 38.6 Å². The summed E-state index contributed by atoms with van der Waals surface area (Å²) >= 11 is 8.42. The van der Waals surface area contributed by atoms with E-state index in [1.165, 1.54) is 6.07 Å². The largest absolute Gasteiger partial charge is 0.339 e. The van der Waals surface area contributed by atoms with E-state index in [2.05, 4.69) is 40.0 Å². The molecule has 0 spiro atoms. The number of hydrogen-bond donors (Lipinski definition) is 1. The van der Waals surface area contributed by atoms with Gasteiger partial charge in [0.15, 0.2) is 4.77 Å². The van der Waals surface area contributed by atoms with E-state index in [9.17, 15) is 9.18 Å². The molecule has 8 heteroatoms. The summed E-state index contributed by atoms with van der Waals surface area (Å²) in [5.74, 6) is 0.670. The molecule has 1 aromatic heterocycles. The maximum absolute atomic E-state index is 13.7. The van der Waals surface area contributed by atoms with E-state index in [4.69, 9.17) is 12.2 Å². The molecule has 25 heavy (non-hydrogen) atoms. The van der Waals surface area contributed by atoms with Crippen LogP contribution in [-0.2, 0) is 0 Å². The molecule has 0 radical (unpaired) electrons. The van der Waals surface area contributed by atoms with Crippen molar-refractivity contribution >= 4 is 34.1 Å². The molecule has 1 aromatic carbocycles. The van der Waals surface area contributed by atoms with Gasteiger partial charge in [-0.05, 0) is 73.0 Å². The standard InChI is InChI=1S/C17H20BrFN4OS/c1-10(2)23-15(20-21-17(23)25)11-5-7-22(8-6-11)16(24)12-3-4-13(18)14(19)9-12/h3-4,9-11H,5-8H2,1-2H3,(H,21,25). The fourth-order valence-corrected chi connectivity index (χ4v) is 3.85. The topological polar surface area (TPSA) is 53.9 Å². The molecule has 1 amide bonds. The van der Waals surface area contributed by atoms with Gasteiger partial charge in [-0.2, -0.15) is 5.10 Å². The normalized spacial score (nSPS) is 15.8. The minimum absolute atomic E-state index is 0.132. The van der Waals surface area contributed by atoms with Gasteiger partial charge in [-0.3, -0.25) is 9.89 Å². The molecule has 1 aliphatic rings. The monoisotopic (exact) mass is 426 g/mol. The van der Waals surface area contributed by atoms with Crippen LogP contribution in [0.4, 0.5) is 4.39 Å². The summed E-state index contributed by atoms with van der Waals surface area (Å²) < 4.78 is 16.7. The van der Waals surface area contributed by atoms with Crippen molar-refractivity contribution < 1.29 is 9.18 Å². The van der Waals surface area contributed by atoms with Crippen molar-refractivity contribution in [2.75, 3.05) is 13.1 Å². The van der Waals surface area contributed by atoms with E-state index in [0.29, 0.717) is 27.9 Å². The fourth-order valence-electron chi connectivity index (χ4n) is 3.26. The second kappa shape index (κ2) is 7.37. The van der Waals surface area contributed by atoms with Crippen LogP contribution in [0.5, 0.6) is 0 Å². The number of H-pyrrole nitrogens is 1. The number of aromatic nitrogens is 3. The molecule has 0 bridgehead atoms. The number of nitrogens with one attached hydrogen (secondary N) is 1. The van der Waals surface area contributed by atoms with Gasteiger partial charge in [-0.15, -0.1) is 0 Å². The molecular weight excluding hydrogens is 407 g/mol. The number of carbonyl (C=O) groups excluding carboxylic acids is 1. The number of carbonyl (C=O) groups is 1. The Morgan fingerprint density at radius 3 is 2.68 bits per heavy atom. The molecular formula is C17H20BrFN4OS. The lowest BCUT2D eigenvalue weighted by Crippen LogP contribution is -2.38. The zero-order valence-electron chi connectivity index (χ0n) is 14.1. The van der Waals surface area contributed by atoms with Gasteiger partial charge in [0.25, 0.3) is 5.91 Å². The number of halogens is 2. The fraction of sp³-hybridized carbons (Fsp3) is 0.471. The van der Waals surface area contributed by atoms with Crippen LogP contribution < -0.4 is 0 Å². The van der Waals surface area contributed by atoms with Gasteiger partial charge in [0.1, 0.15) is 11.6 Å². The first kappa shape index (κ1) is 18.3. The van der Waals surface area contributed by atoms with E-state index >= 15 is 0 Å². The van der Waals surface area contributed by atoms with Crippen LogP contribution in [0.25, 0.3) is 0 Å². The number of benzene rings is 1. The summed E-state index contributed by atoms with van der Waals surface area (Å²) in [5, 5.41) is 7.27. The van der Waals surface area contributed by atoms with Crippen molar-refractivity contribution in [3.63, 3.8) is 0 Å². The highest BCUT2D eigenvalue weighted by atomic mass is 79.9. The van der Waals surface area contributed by atoms with Crippen LogP contribution in [0.1, 0.15) is 54.8 Å². The summed E-state index contributed by atoms with van der Waals surface area (Å²) in [6.07, 6.45) is 1.63. The predicted molar refractivity (Wildman–Crippen MR) is 99.8 cm³/mol. The Bertz CT molecular complexity index is 839. The molecule has 1 saturated heterocycles. The minimum Gasteiger partial charge on any atom is -0.339 e. The Hall–Kier alpha value is -1.54. The molecule has 134 valence electrons. The van der Waals surface area contributed by atoms with Crippen molar-refractivity contribution in [1.82, 2.24) is 19.7 Å². The first-order chi connectivity index (χ1) is 11.9. The Morgan fingerprint density at radius 2 is 2.08 bits per heavy atom. The lowest BCUT2D eigenvalue weighted by atomic mass is 9.95. The van der Waals surface area contributed by atoms with E-state index in [1.807, 2.05) is 4.57 Å². The highest BCUT2D eigenvalue weighted by Gasteiger charge is 2.28. The number of hydrogen-bond acceptors (Lipinski definition) is 3. The lowest BCUT2D eigenvalue weighted by molar-refractivity contribution is 0.0709. The third-order valence-corrected chi connectivity index (χ3v) is 5.49. The highest BCUT2D eigenvalue weighted by molar-refractivity contribution is 9.10. The van der Waals surface area contributed by atoms with Crippen LogP contribution in [0.3, 0.4) is 0 Å². The van der Waals surface area contributed by atoms with E-state index in [-0.39, 0.29) is 17.9 Å². The van der Waals surface area contributed by atoms with Crippen LogP contribution in [0.15, 0.2) is 22.7 Å². The van der Waals surface area contributed by atoms with Gasteiger partial charge in [0.05, 0.1) is 4.47 Å². The number of aromatic amines is 1. The number of likely N-dealkylation sites (tertiary alicyclic amines) is 1. The highest BCUT2D eigenvalue weighted by Crippen LogP contribution is 2.29. The summed E-state index contributed by atoms with van der Waals surface area (Å²) in [7, 11) is 0. The molecule has 0 saturated carbocycles. The third kappa shape index (κ3) is 3.69. The molecule has 0 aliphatic carbocycles. The molecule has 2 heterocycles. The van der Waals surface area contributed by atoms with Crippen LogP contribution >= 0.6 is 28.1 Å². The summed E-state index contributed by atoms with van der Waals surface area (Å²) in [4.78, 5) is 14.4. The summed E-state index contributed by atoms with van der Waals surface area (Å²) in [5.41, 5.74) is 0.379. The minimum atomic E-state index is -0.423. The number of nitrogens with zero attached hydrogens (tertiary/aromatic N) is 3. The number of rotatable bonds is 3. The molecule has 1 fully saturated rings. The molecule has 2 aromatic rings. The maximum atomic E-state index is 13.7. The van der Waals surface area contributed by atoms with Crippen LogP contribution in [-0.4, -0.2) is 38.7 Å². The van der Waals surface area contributed by atoms with Crippen LogP contribution in [0, 0.1) is 10.6 Å². The van der Waals surface area contributed by atoms with Gasteiger partial charge in [-0.25, -0.2) is 4.39 Å². The summed E-state index contributed by atoms with van der Waals surface area (Å²) in [6.45, 7) is 5.41. The van der Waals surface area contributed by atoms with Crippen molar-refractivity contribution in [3.05, 3.63) is 44.6 Å². The first-order valence-electron chi connectivity index (χ1n) is 8.29. The quantitative estimate of drug-likeness (QED) is 0.737. The van der Waals surface area contributed by atoms with Crippen molar-refractivity contribution in [3.8, 4) is 0 Å². The predicted octanol–water partition coefficient (Wildman–Crippen LogP) is 4.44.